The van der Waals surface area contributed by atoms with E-state index in [0.29, 0.717) is 26.8 Å². The number of carbonyl (C=O) groups excluding carboxylic acids is 1. The first kappa shape index (κ1) is 15.9. The van der Waals surface area contributed by atoms with Crippen LogP contribution in [-0.2, 0) is 4.79 Å². The number of hydrogen-bond donors (Lipinski definition) is 1. The molecule has 0 aliphatic rings. The third-order valence-corrected chi connectivity index (χ3v) is 3.27. The predicted molar refractivity (Wildman–Crippen MR) is 84.4 cm³/mol. The van der Waals surface area contributed by atoms with E-state index in [1.165, 1.54) is 0 Å². The summed E-state index contributed by atoms with van der Waals surface area (Å²) in [6, 6.07) is 9.71. The highest BCUT2D eigenvalue weighted by Gasteiger charge is 2.17. The molecule has 2 aromatic rings. The molecule has 110 valence electrons. The summed E-state index contributed by atoms with van der Waals surface area (Å²) >= 11 is 17.5. The highest BCUT2D eigenvalue weighted by molar-refractivity contribution is 6.35. The normalized spacial score (nSPS) is 11.8. The van der Waals surface area contributed by atoms with E-state index in [4.69, 9.17) is 39.5 Å². The fourth-order valence-corrected chi connectivity index (χ4v) is 2.14. The number of pyridine rings is 1. The maximum atomic E-state index is 12.0. The largest absolute Gasteiger partial charge is 0.479 e. The average Bonchev–Trinajstić information content (AvgIpc) is 2.41. The number of benzene rings is 1. The Morgan fingerprint density at radius 2 is 2.00 bits per heavy atom. The maximum Gasteiger partial charge on any atom is 0.266 e. The van der Waals surface area contributed by atoms with Gasteiger partial charge in [0.25, 0.3) is 5.91 Å². The quantitative estimate of drug-likeness (QED) is 0.833. The molecule has 2 rings (SSSR count). The molecule has 0 radical (unpaired) electrons. The zero-order valence-corrected chi connectivity index (χ0v) is 13.2. The van der Waals surface area contributed by atoms with Crippen LogP contribution in [0.25, 0.3) is 0 Å². The van der Waals surface area contributed by atoms with Gasteiger partial charge >= 0.3 is 0 Å². The molecule has 0 bridgehead atoms. The Morgan fingerprint density at radius 3 is 2.67 bits per heavy atom. The summed E-state index contributed by atoms with van der Waals surface area (Å²) < 4.78 is 5.50. The van der Waals surface area contributed by atoms with Gasteiger partial charge in [-0.2, -0.15) is 0 Å². The number of ether oxygens (including phenoxy) is 1. The van der Waals surface area contributed by atoms with E-state index in [0.717, 1.165) is 0 Å². The van der Waals surface area contributed by atoms with E-state index in [1.807, 2.05) is 0 Å². The summed E-state index contributed by atoms with van der Waals surface area (Å²) in [5, 5.41) is 3.73. The van der Waals surface area contributed by atoms with Crippen molar-refractivity contribution in [3.8, 4) is 5.75 Å². The first-order valence-electron chi connectivity index (χ1n) is 6.01. The molecule has 4 nitrogen and oxygen atoms in total. The lowest BCUT2D eigenvalue weighted by atomic mass is 10.3. The molecule has 0 spiro atoms. The molecule has 0 aliphatic heterocycles. The van der Waals surface area contributed by atoms with E-state index >= 15 is 0 Å². The zero-order chi connectivity index (χ0) is 15.4. The molecular formula is C14H11Cl3N2O2. The number of amides is 1. The van der Waals surface area contributed by atoms with Crippen molar-refractivity contribution in [2.45, 2.75) is 13.0 Å². The number of carbonyl (C=O) groups is 1. The number of halogens is 3. The minimum absolute atomic E-state index is 0.294. The molecular weight excluding hydrogens is 335 g/mol. The van der Waals surface area contributed by atoms with Crippen molar-refractivity contribution in [3.63, 3.8) is 0 Å². The number of hydrogen-bond acceptors (Lipinski definition) is 3. The topological polar surface area (TPSA) is 51.2 Å². The minimum Gasteiger partial charge on any atom is -0.479 e. The van der Waals surface area contributed by atoms with Gasteiger partial charge in [0, 0.05) is 5.02 Å². The lowest BCUT2D eigenvalue weighted by Crippen LogP contribution is -2.30. The second-order valence-electron chi connectivity index (χ2n) is 4.17. The number of aromatic nitrogens is 1. The molecule has 0 fully saturated rings. The standard InChI is InChI=1S/C14H11Cl3N2O2/c1-8(21-11-6-5-9(15)7-10(11)16)14(20)19-13-4-2-3-12(17)18-13/h2-8H,1H3,(H,18,19,20). The fourth-order valence-electron chi connectivity index (χ4n) is 1.52. The first-order chi connectivity index (χ1) is 9.95. The summed E-state index contributed by atoms with van der Waals surface area (Å²) in [4.78, 5) is 16.0. The van der Waals surface area contributed by atoms with Crippen molar-refractivity contribution >= 4 is 46.5 Å². The van der Waals surface area contributed by atoms with Gasteiger partial charge in [-0.25, -0.2) is 4.98 Å². The van der Waals surface area contributed by atoms with Crippen molar-refractivity contribution in [3.05, 3.63) is 51.6 Å². The number of nitrogens with one attached hydrogen (secondary N) is 1. The lowest BCUT2D eigenvalue weighted by molar-refractivity contribution is -0.122. The van der Waals surface area contributed by atoms with Crippen LogP contribution in [0.1, 0.15) is 6.92 Å². The van der Waals surface area contributed by atoms with Gasteiger partial charge in [-0.15, -0.1) is 0 Å². The van der Waals surface area contributed by atoms with Gasteiger partial charge in [-0.3, -0.25) is 4.79 Å². The third-order valence-electron chi connectivity index (χ3n) is 2.53. The van der Waals surface area contributed by atoms with Crippen molar-refractivity contribution in [1.82, 2.24) is 4.98 Å². The Balaban J connectivity index is 2.02. The van der Waals surface area contributed by atoms with E-state index in [1.54, 1.807) is 43.3 Å². The first-order valence-corrected chi connectivity index (χ1v) is 7.14. The number of nitrogens with zero attached hydrogens (tertiary/aromatic N) is 1. The molecule has 1 amide bonds. The Labute approximate surface area is 137 Å². The SMILES string of the molecule is CC(Oc1ccc(Cl)cc1Cl)C(=O)Nc1cccc(Cl)n1. The number of rotatable bonds is 4. The zero-order valence-electron chi connectivity index (χ0n) is 10.9. The summed E-state index contributed by atoms with van der Waals surface area (Å²) in [5.41, 5.74) is 0. The Kier molecular flexibility index (Phi) is 5.28. The molecule has 7 heteroatoms. The van der Waals surface area contributed by atoms with Gasteiger partial charge in [-0.1, -0.05) is 40.9 Å². The predicted octanol–water partition coefficient (Wildman–Crippen LogP) is 4.45. The van der Waals surface area contributed by atoms with Crippen LogP contribution < -0.4 is 10.1 Å². The van der Waals surface area contributed by atoms with Crippen molar-refractivity contribution in [2.75, 3.05) is 5.32 Å². The van der Waals surface area contributed by atoms with E-state index < -0.39 is 6.10 Å². The fraction of sp³-hybridized carbons (Fsp3) is 0.143. The second kappa shape index (κ2) is 6.98. The van der Waals surface area contributed by atoms with Crippen molar-refractivity contribution in [2.24, 2.45) is 0 Å². The summed E-state index contributed by atoms with van der Waals surface area (Å²) in [6.45, 7) is 1.60. The average molecular weight is 346 g/mol. The molecule has 0 saturated heterocycles. The molecule has 0 aliphatic carbocycles. The Bertz CT molecular complexity index is 664. The van der Waals surface area contributed by atoms with Crippen molar-refractivity contribution < 1.29 is 9.53 Å². The van der Waals surface area contributed by atoms with Gasteiger partial charge in [0.05, 0.1) is 5.02 Å². The molecule has 1 aromatic carbocycles. The van der Waals surface area contributed by atoms with Crippen LogP contribution in [-0.4, -0.2) is 17.0 Å². The summed E-state index contributed by atoms with van der Waals surface area (Å²) in [7, 11) is 0. The molecule has 1 aromatic heterocycles. The Morgan fingerprint density at radius 1 is 1.24 bits per heavy atom. The van der Waals surface area contributed by atoms with Gasteiger partial charge in [0.2, 0.25) is 0 Å². The molecule has 0 saturated carbocycles. The smallest absolute Gasteiger partial charge is 0.266 e. The number of anilines is 1. The summed E-state index contributed by atoms with van der Waals surface area (Å²) in [6.07, 6.45) is -0.760. The second-order valence-corrected chi connectivity index (χ2v) is 5.40. The van der Waals surface area contributed by atoms with Crippen LogP contribution >= 0.6 is 34.8 Å². The van der Waals surface area contributed by atoms with Crippen LogP contribution in [0.5, 0.6) is 5.75 Å². The van der Waals surface area contributed by atoms with Crippen LogP contribution in [0.3, 0.4) is 0 Å². The molecule has 21 heavy (non-hydrogen) atoms. The monoisotopic (exact) mass is 344 g/mol. The molecule has 1 atom stereocenters. The van der Waals surface area contributed by atoms with Gasteiger partial charge < -0.3 is 10.1 Å². The Hall–Kier alpha value is -1.49. The van der Waals surface area contributed by atoms with Crippen LogP contribution in [0.4, 0.5) is 5.82 Å². The maximum absolute atomic E-state index is 12.0. The van der Waals surface area contributed by atoms with Gasteiger partial charge in [-0.05, 0) is 37.3 Å². The van der Waals surface area contributed by atoms with Gasteiger partial charge in [0.15, 0.2) is 6.10 Å². The van der Waals surface area contributed by atoms with Crippen LogP contribution in [0.2, 0.25) is 15.2 Å². The summed E-state index contributed by atoms with van der Waals surface area (Å²) in [5.74, 6) is 0.365. The van der Waals surface area contributed by atoms with Crippen LogP contribution in [0, 0.1) is 0 Å². The minimum atomic E-state index is -0.760. The van der Waals surface area contributed by atoms with Gasteiger partial charge in [0.1, 0.15) is 16.7 Å². The highest BCUT2D eigenvalue weighted by atomic mass is 35.5. The molecule has 1 N–H and O–H groups in total. The van der Waals surface area contributed by atoms with E-state index in [9.17, 15) is 4.79 Å². The van der Waals surface area contributed by atoms with Crippen LogP contribution in [0.15, 0.2) is 36.4 Å². The highest BCUT2D eigenvalue weighted by Crippen LogP contribution is 2.28. The van der Waals surface area contributed by atoms with E-state index in [-0.39, 0.29) is 5.91 Å². The molecule has 1 heterocycles. The van der Waals surface area contributed by atoms with Crippen molar-refractivity contribution in [1.29, 1.82) is 0 Å². The lowest BCUT2D eigenvalue weighted by Gasteiger charge is -2.15. The van der Waals surface area contributed by atoms with E-state index in [2.05, 4.69) is 10.3 Å². The molecule has 1 unspecified atom stereocenters. The third kappa shape index (κ3) is 4.49.